The summed E-state index contributed by atoms with van der Waals surface area (Å²) in [6, 6.07) is 14.3. The fourth-order valence-electron chi connectivity index (χ4n) is 2.76. The van der Waals surface area contributed by atoms with E-state index in [0.717, 1.165) is 24.3 Å². The molecule has 4 heteroatoms. The smallest absolute Gasteiger partial charge is 0.124 e. The SMILES string of the molecule is CC(NC1CCOc2ccccc21)c1cccc(Cl)c1Cl. The van der Waals surface area contributed by atoms with Crippen LogP contribution >= 0.6 is 23.2 Å². The van der Waals surface area contributed by atoms with Gasteiger partial charge in [0.15, 0.2) is 0 Å². The van der Waals surface area contributed by atoms with Gasteiger partial charge in [-0.2, -0.15) is 0 Å². The van der Waals surface area contributed by atoms with Gasteiger partial charge in [-0.05, 0) is 24.6 Å². The van der Waals surface area contributed by atoms with Gasteiger partial charge in [-0.15, -0.1) is 0 Å². The summed E-state index contributed by atoms with van der Waals surface area (Å²) in [4.78, 5) is 0. The molecule has 1 heterocycles. The zero-order valence-electron chi connectivity index (χ0n) is 11.8. The Kier molecular flexibility index (Phi) is 4.39. The van der Waals surface area contributed by atoms with E-state index in [1.54, 1.807) is 0 Å². The lowest BCUT2D eigenvalue weighted by Gasteiger charge is -2.29. The van der Waals surface area contributed by atoms with Crippen molar-refractivity contribution in [2.45, 2.75) is 25.4 Å². The number of halogens is 2. The number of nitrogens with one attached hydrogen (secondary N) is 1. The molecule has 0 aliphatic carbocycles. The van der Waals surface area contributed by atoms with Crippen molar-refractivity contribution in [3.8, 4) is 5.75 Å². The third-order valence-electron chi connectivity index (χ3n) is 3.86. The van der Waals surface area contributed by atoms with E-state index >= 15 is 0 Å². The van der Waals surface area contributed by atoms with Gasteiger partial charge < -0.3 is 10.1 Å². The molecule has 1 N–H and O–H groups in total. The molecular formula is C17H17Cl2NO. The zero-order chi connectivity index (χ0) is 14.8. The van der Waals surface area contributed by atoms with Gasteiger partial charge in [0.1, 0.15) is 5.75 Å². The number of rotatable bonds is 3. The Labute approximate surface area is 135 Å². The van der Waals surface area contributed by atoms with E-state index in [4.69, 9.17) is 27.9 Å². The molecule has 0 saturated carbocycles. The van der Waals surface area contributed by atoms with Gasteiger partial charge in [-0.1, -0.05) is 53.5 Å². The van der Waals surface area contributed by atoms with E-state index < -0.39 is 0 Å². The molecule has 1 aliphatic heterocycles. The molecule has 0 amide bonds. The Hall–Kier alpha value is -1.22. The predicted molar refractivity (Wildman–Crippen MR) is 87.3 cm³/mol. The summed E-state index contributed by atoms with van der Waals surface area (Å²) in [5.41, 5.74) is 2.22. The molecule has 0 fully saturated rings. The van der Waals surface area contributed by atoms with Gasteiger partial charge in [0.2, 0.25) is 0 Å². The number of fused-ring (bicyclic) bond motifs is 1. The topological polar surface area (TPSA) is 21.3 Å². The molecule has 1 aliphatic rings. The van der Waals surface area contributed by atoms with E-state index in [2.05, 4.69) is 18.3 Å². The van der Waals surface area contributed by atoms with Crippen LogP contribution in [0.1, 0.15) is 36.6 Å². The van der Waals surface area contributed by atoms with Crippen LogP contribution in [0.3, 0.4) is 0 Å². The molecule has 0 bridgehead atoms. The van der Waals surface area contributed by atoms with Crippen molar-refractivity contribution in [3.05, 3.63) is 63.6 Å². The van der Waals surface area contributed by atoms with Crippen molar-refractivity contribution in [1.82, 2.24) is 5.32 Å². The summed E-state index contributed by atoms with van der Waals surface area (Å²) >= 11 is 12.4. The summed E-state index contributed by atoms with van der Waals surface area (Å²) in [6.45, 7) is 2.83. The van der Waals surface area contributed by atoms with E-state index in [1.807, 2.05) is 36.4 Å². The molecule has 2 aromatic carbocycles. The van der Waals surface area contributed by atoms with Crippen LogP contribution in [-0.2, 0) is 0 Å². The normalized spacial score (nSPS) is 18.7. The maximum Gasteiger partial charge on any atom is 0.124 e. The Bertz CT molecular complexity index is 644. The van der Waals surface area contributed by atoms with Crippen molar-refractivity contribution in [2.24, 2.45) is 0 Å². The highest BCUT2D eigenvalue weighted by atomic mass is 35.5. The fourth-order valence-corrected chi connectivity index (χ4v) is 3.23. The minimum Gasteiger partial charge on any atom is -0.493 e. The van der Waals surface area contributed by atoms with Crippen molar-refractivity contribution < 1.29 is 4.74 Å². The summed E-state index contributed by atoms with van der Waals surface area (Å²) in [5.74, 6) is 0.964. The number of hydrogen-bond donors (Lipinski definition) is 1. The maximum absolute atomic E-state index is 6.31. The Morgan fingerprint density at radius 2 is 1.95 bits per heavy atom. The van der Waals surface area contributed by atoms with E-state index in [9.17, 15) is 0 Å². The quantitative estimate of drug-likeness (QED) is 0.842. The first-order valence-corrected chi connectivity index (χ1v) is 7.84. The van der Waals surface area contributed by atoms with Crippen LogP contribution in [0.25, 0.3) is 0 Å². The minimum atomic E-state index is 0.118. The van der Waals surface area contributed by atoms with Crippen molar-refractivity contribution in [1.29, 1.82) is 0 Å². The zero-order valence-corrected chi connectivity index (χ0v) is 13.3. The molecule has 3 rings (SSSR count). The van der Waals surface area contributed by atoms with Gasteiger partial charge in [0.05, 0.1) is 16.7 Å². The fraction of sp³-hybridized carbons (Fsp3) is 0.294. The molecule has 21 heavy (non-hydrogen) atoms. The van der Waals surface area contributed by atoms with E-state index in [-0.39, 0.29) is 12.1 Å². The predicted octanol–water partition coefficient (Wildman–Crippen LogP) is 5.17. The summed E-state index contributed by atoms with van der Waals surface area (Å²) < 4.78 is 5.70. The lowest BCUT2D eigenvalue weighted by Crippen LogP contribution is -2.29. The number of benzene rings is 2. The van der Waals surface area contributed by atoms with E-state index in [0.29, 0.717) is 10.0 Å². The molecule has 2 unspecified atom stereocenters. The van der Waals surface area contributed by atoms with Crippen LogP contribution in [0.4, 0.5) is 0 Å². The van der Waals surface area contributed by atoms with Gasteiger partial charge in [-0.25, -0.2) is 0 Å². The number of para-hydroxylation sites is 1. The monoisotopic (exact) mass is 321 g/mol. The van der Waals surface area contributed by atoms with Gasteiger partial charge in [-0.3, -0.25) is 0 Å². The second-order valence-corrected chi connectivity index (χ2v) is 6.04. The molecule has 0 saturated heterocycles. The summed E-state index contributed by atoms with van der Waals surface area (Å²) in [6.07, 6.45) is 0.944. The molecule has 110 valence electrons. The maximum atomic E-state index is 6.31. The number of ether oxygens (including phenoxy) is 1. The Balaban J connectivity index is 1.83. The van der Waals surface area contributed by atoms with Crippen LogP contribution < -0.4 is 10.1 Å². The lowest BCUT2D eigenvalue weighted by molar-refractivity contribution is 0.246. The standard InChI is InChI=1S/C17H17Cl2NO/c1-11(12-6-4-7-14(18)17(12)19)20-15-9-10-21-16-8-3-2-5-13(15)16/h2-8,11,15,20H,9-10H2,1H3. The highest BCUT2D eigenvalue weighted by molar-refractivity contribution is 6.42. The van der Waals surface area contributed by atoms with Crippen LogP contribution in [-0.4, -0.2) is 6.61 Å². The highest BCUT2D eigenvalue weighted by Gasteiger charge is 2.23. The van der Waals surface area contributed by atoms with Crippen molar-refractivity contribution in [2.75, 3.05) is 6.61 Å². The van der Waals surface area contributed by atoms with E-state index in [1.165, 1.54) is 5.56 Å². The van der Waals surface area contributed by atoms with Crippen LogP contribution in [0.2, 0.25) is 10.0 Å². The van der Waals surface area contributed by atoms with Gasteiger partial charge in [0, 0.05) is 24.1 Å². The van der Waals surface area contributed by atoms with Crippen LogP contribution in [0.15, 0.2) is 42.5 Å². The first kappa shape index (κ1) is 14.7. The molecule has 2 aromatic rings. The second-order valence-electron chi connectivity index (χ2n) is 5.26. The largest absolute Gasteiger partial charge is 0.493 e. The molecule has 2 atom stereocenters. The molecule has 0 radical (unpaired) electrons. The first-order chi connectivity index (χ1) is 10.2. The third kappa shape index (κ3) is 3.03. The Morgan fingerprint density at radius 3 is 2.81 bits per heavy atom. The molecule has 0 aromatic heterocycles. The molecule has 0 spiro atoms. The second kappa shape index (κ2) is 6.27. The molecular weight excluding hydrogens is 305 g/mol. The number of hydrogen-bond acceptors (Lipinski definition) is 2. The summed E-state index contributed by atoms with van der Waals surface area (Å²) in [5, 5.41) is 4.85. The van der Waals surface area contributed by atoms with Crippen molar-refractivity contribution >= 4 is 23.2 Å². The third-order valence-corrected chi connectivity index (χ3v) is 4.69. The first-order valence-electron chi connectivity index (χ1n) is 7.08. The average Bonchev–Trinajstić information content (AvgIpc) is 2.50. The van der Waals surface area contributed by atoms with Crippen molar-refractivity contribution in [3.63, 3.8) is 0 Å². The van der Waals surface area contributed by atoms with Crippen LogP contribution in [0, 0.1) is 0 Å². The van der Waals surface area contributed by atoms with Gasteiger partial charge in [0.25, 0.3) is 0 Å². The van der Waals surface area contributed by atoms with Crippen LogP contribution in [0.5, 0.6) is 5.75 Å². The average molecular weight is 322 g/mol. The lowest BCUT2D eigenvalue weighted by atomic mass is 9.98. The van der Waals surface area contributed by atoms with Gasteiger partial charge >= 0.3 is 0 Å². The summed E-state index contributed by atoms with van der Waals surface area (Å²) in [7, 11) is 0. The minimum absolute atomic E-state index is 0.118. The Morgan fingerprint density at radius 1 is 1.14 bits per heavy atom. The molecule has 2 nitrogen and oxygen atoms in total. The highest BCUT2D eigenvalue weighted by Crippen LogP contribution is 2.35.